The highest BCUT2D eigenvalue weighted by atomic mass is 19.1. The predicted molar refractivity (Wildman–Crippen MR) is 93.8 cm³/mol. The first-order valence-corrected chi connectivity index (χ1v) is 8.34. The molecular weight excluding hydrogens is 340 g/mol. The van der Waals surface area contributed by atoms with Crippen molar-refractivity contribution in [1.29, 1.82) is 0 Å². The lowest BCUT2D eigenvalue weighted by Crippen LogP contribution is -2.50. The fourth-order valence-corrected chi connectivity index (χ4v) is 2.86. The third-order valence-corrected chi connectivity index (χ3v) is 4.25. The van der Waals surface area contributed by atoms with Crippen LogP contribution in [0.4, 0.5) is 14.5 Å². The van der Waals surface area contributed by atoms with Gasteiger partial charge in [-0.25, -0.2) is 8.78 Å². The lowest BCUT2D eigenvalue weighted by molar-refractivity contribution is -0.117. The van der Waals surface area contributed by atoms with Crippen LogP contribution in [0.25, 0.3) is 0 Å². The standard InChI is InChI=1S/C19H19F2N3O2/c20-15-6-7-16(21)17(12-15)22-18(25)13-23-8-10-24(11-9-23)19(26)14-4-2-1-3-5-14/h1-7,12H,8-11,13H2,(H,22,25). The molecule has 1 heterocycles. The van der Waals surface area contributed by atoms with E-state index in [0.717, 1.165) is 18.2 Å². The number of hydrogen-bond acceptors (Lipinski definition) is 3. The monoisotopic (exact) mass is 359 g/mol. The summed E-state index contributed by atoms with van der Waals surface area (Å²) in [5.41, 5.74) is 0.466. The van der Waals surface area contributed by atoms with Crippen molar-refractivity contribution in [2.45, 2.75) is 0 Å². The highest BCUT2D eigenvalue weighted by Gasteiger charge is 2.23. The summed E-state index contributed by atoms with van der Waals surface area (Å²) in [5, 5.41) is 2.38. The van der Waals surface area contributed by atoms with Crippen molar-refractivity contribution in [2.24, 2.45) is 0 Å². The van der Waals surface area contributed by atoms with Crippen molar-refractivity contribution in [1.82, 2.24) is 9.80 Å². The number of halogens is 2. The normalized spacial score (nSPS) is 14.9. The molecule has 7 heteroatoms. The molecule has 0 spiro atoms. The number of nitrogens with zero attached hydrogens (tertiary/aromatic N) is 2. The van der Waals surface area contributed by atoms with E-state index in [1.807, 2.05) is 23.1 Å². The maximum absolute atomic E-state index is 13.6. The number of hydrogen-bond donors (Lipinski definition) is 1. The van der Waals surface area contributed by atoms with E-state index in [-0.39, 0.29) is 18.1 Å². The fourth-order valence-electron chi connectivity index (χ4n) is 2.86. The number of amides is 2. The smallest absolute Gasteiger partial charge is 0.253 e. The highest BCUT2D eigenvalue weighted by Crippen LogP contribution is 2.15. The first-order chi connectivity index (χ1) is 12.5. The molecule has 2 amide bonds. The number of carbonyl (C=O) groups is 2. The van der Waals surface area contributed by atoms with Crippen LogP contribution in [0, 0.1) is 11.6 Å². The zero-order chi connectivity index (χ0) is 18.5. The zero-order valence-electron chi connectivity index (χ0n) is 14.1. The van der Waals surface area contributed by atoms with Crippen molar-refractivity contribution in [2.75, 3.05) is 38.0 Å². The van der Waals surface area contributed by atoms with Crippen LogP contribution >= 0.6 is 0 Å². The number of rotatable bonds is 4. The number of anilines is 1. The quantitative estimate of drug-likeness (QED) is 0.912. The third-order valence-electron chi connectivity index (χ3n) is 4.25. The van der Waals surface area contributed by atoms with Crippen LogP contribution in [-0.4, -0.2) is 54.3 Å². The van der Waals surface area contributed by atoms with E-state index in [4.69, 9.17) is 0 Å². The van der Waals surface area contributed by atoms with Crippen LogP contribution in [-0.2, 0) is 4.79 Å². The summed E-state index contributed by atoms with van der Waals surface area (Å²) in [6.45, 7) is 2.16. The van der Waals surface area contributed by atoms with E-state index in [0.29, 0.717) is 31.7 Å². The van der Waals surface area contributed by atoms with Crippen molar-refractivity contribution in [3.8, 4) is 0 Å². The molecule has 0 bridgehead atoms. The number of benzene rings is 2. The third kappa shape index (κ3) is 4.43. The van der Waals surface area contributed by atoms with Crippen molar-refractivity contribution in [3.05, 3.63) is 65.7 Å². The average Bonchev–Trinajstić information content (AvgIpc) is 2.65. The molecule has 1 aliphatic heterocycles. The largest absolute Gasteiger partial charge is 0.336 e. The molecule has 0 saturated carbocycles. The minimum Gasteiger partial charge on any atom is -0.336 e. The Kier molecular flexibility index (Phi) is 5.58. The molecule has 3 rings (SSSR count). The van der Waals surface area contributed by atoms with Crippen molar-refractivity contribution < 1.29 is 18.4 Å². The SMILES string of the molecule is O=C(CN1CCN(C(=O)c2ccccc2)CC1)Nc1cc(F)ccc1F. The topological polar surface area (TPSA) is 52.7 Å². The highest BCUT2D eigenvalue weighted by molar-refractivity contribution is 5.94. The average molecular weight is 359 g/mol. The minimum atomic E-state index is -0.682. The molecule has 1 N–H and O–H groups in total. The first-order valence-electron chi connectivity index (χ1n) is 8.34. The summed E-state index contributed by atoms with van der Waals surface area (Å²) in [4.78, 5) is 28.1. The summed E-state index contributed by atoms with van der Waals surface area (Å²) in [6.07, 6.45) is 0. The Hall–Kier alpha value is -2.80. The number of piperazine rings is 1. The molecule has 5 nitrogen and oxygen atoms in total. The molecule has 0 aromatic heterocycles. The Labute approximate surface area is 150 Å². The lowest BCUT2D eigenvalue weighted by Gasteiger charge is -2.34. The maximum atomic E-state index is 13.6. The molecule has 1 fully saturated rings. The van der Waals surface area contributed by atoms with Gasteiger partial charge in [-0.05, 0) is 24.3 Å². The summed E-state index contributed by atoms with van der Waals surface area (Å²) in [7, 11) is 0. The zero-order valence-corrected chi connectivity index (χ0v) is 14.1. The minimum absolute atomic E-state index is 0.0310. The van der Waals surface area contributed by atoms with Crippen LogP contribution in [0.3, 0.4) is 0 Å². The first kappa shape index (κ1) is 18.0. The van der Waals surface area contributed by atoms with Crippen LogP contribution in [0.5, 0.6) is 0 Å². The van der Waals surface area contributed by atoms with Crippen LogP contribution < -0.4 is 5.32 Å². The van der Waals surface area contributed by atoms with Crippen molar-refractivity contribution >= 4 is 17.5 Å². The Balaban J connectivity index is 1.50. The second-order valence-electron chi connectivity index (χ2n) is 6.11. The molecule has 2 aromatic carbocycles. The van der Waals surface area contributed by atoms with Crippen molar-refractivity contribution in [3.63, 3.8) is 0 Å². The summed E-state index contributed by atoms with van der Waals surface area (Å²) in [6, 6.07) is 12.0. The fraction of sp³-hybridized carbons (Fsp3) is 0.263. The Morgan fingerprint density at radius 2 is 1.65 bits per heavy atom. The Morgan fingerprint density at radius 3 is 2.35 bits per heavy atom. The van der Waals surface area contributed by atoms with Gasteiger partial charge in [-0.2, -0.15) is 0 Å². The molecular formula is C19H19F2N3O2. The number of carbonyl (C=O) groups excluding carboxylic acids is 2. The van der Waals surface area contributed by atoms with Gasteiger partial charge in [0.1, 0.15) is 11.6 Å². The van der Waals surface area contributed by atoms with Gasteiger partial charge in [-0.1, -0.05) is 18.2 Å². The van der Waals surface area contributed by atoms with E-state index in [9.17, 15) is 18.4 Å². The van der Waals surface area contributed by atoms with Crippen LogP contribution in [0.15, 0.2) is 48.5 Å². The maximum Gasteiger partial charge on any atom is 0.253 e. The van der Waals surface area contributed by atoms with Gasteiger partial charge >= 0.3 is 0 Å². The van der Waals surface area contributed by atoms with E-state index in [2.05, 4.69) is 5.32 Å². The predicted octanol–water partition coefficient (Wildman–Crippen LogP) is 2.36. The Morgan fingerprint density at radius 1 is 0.962 bits per heavy atom. The lowest BCUT2D eigenvalue weighted by atomic mass is 10.2. The molecule has 2 aromatic rings. The van der Waals surface area contributed by atoms with Gasteiger partial charge in [0.15, 0.2) is 0 Å². The second-order valence-corrected chi connectivity index (χ2v) is 6.11. The van der Waals surface area contributed by atoms with Gasteiger partial charge in [0.05, 0.1) is 12.2 Å². The molecule has 0 atom stereocenters. The van der Waals surface area contributed by atoms with Gasteiger partial charge in [-0.3, -0.25) is 14.5 Å². The molecule has 0 radical (unpaired) electrons. The summed E-state index contributed by atoms with van der Waals surface area (Å²) >= 11 is 0. The van der Waals surface area contributed by atoms with E-state index >= 15 is 0 Å². The molecule has 1 aliphatic rings. The summed E-state index contributed by atoms with van der Waals surface area (Å²) in [5.74, 6) is -1.75. The molecule has 136 valence electrons. The van der Waals surface area contributed by atoms with Gasteiger partial charge in [-0.15, -0.1) is 0 Å². The second kappa shape index (κ2) is 8.05. The van der Waals surface area contributed by atoms with Gasteiger partial charge in [0.25, 0.3) is 5.91 Å². The van der Waals surface area contributed by atoms with Gasteiger partial charge in [0, 0.05) is 37.8 Å². The summed E-state index contributed by atoms with van der Waals surface area (Å²) < 4.78 is 26.7. The Bertz CT molecular complexity index is 791. The molecule has 1 saturated heterocycles. The molecule has 0 unspecified atom stereocenters. The molecule has 26 heavy (non-hydrogen) atoms. The van der Waals surface area contributed by atoms with E-state index < -0.39 is 17.5 Å². The van der Waals surface area contributed by atoms with E-state index in [1.54, 1.807) is 17.0 Å². The van der Waals surface area contributed by atoms with Gasteiger partial charge < -0.3 is 10.2 Å². The molecule has 0 aliphatic carbocycles. The van der Waals surface area contributed by atoms with Gasteiger partial charge in [0.2, 0.25) is 5.91 Å². The van der Waals surface area contributed by atoms with Crippen LogP contribution in [0.1, 0.15) is 10.4 Å². The van der Waals surface area contributed by atoms with E-state index in [1.165, 1.54) is 0 Å². The van der Waals surface area contributed by atoms with Crippen LogP contribution in [0.2, 0.25) is 0 Å². The number of nitrogens with one attached hydrogen (secondary N) is 1.